The maximum atomic E-state index is 3.68. The summed E-state index contributed by atoms with van der Waals surface area (Å²) in [6.07, 6.45) is 12.4. The van der Waals surface area contributed by atoms with E-state index >= 15 is 0 Å². The number of unbranched alkanes of at least 4 members (excludes halogenated alkanes) is 7. The zero-order valence-corrected chi connectivity index (χ0v) is 15.4. The first-order valence-electron chi connectivity index (χ1n) is 8.77. The minimum atomic E-state index is 0.491. The van der Waals surface area contributed by atoms with E-state index in [0.717, 1.165) is 6.54 Å². The van der Waals surface area contributed by atoms with Crippen molar-refractivity contribution in [3.63, 3.8) is 0 Å². The molecule has 0 aromatic heterocycles. The Morgan fingerprint density at radius 3 is 2.14 bits per heavy atom. The van der Waals surface area contributed by atoms with Gasteiger partial charge in [-0.05, 0) is 24.6 Å². The van der Waals surface area contributed by atoms with E-state index in [-0.39, 0.29) is 0 Å². The Bertz CT molecular complexity index is 364. The van der Waals surface area contributed by atoms with E-state index in [2.05, 4.69) is 59.4 Å². The summed E-state index contributed by atoms with van der Waals surface area (Å²) in [5.74, 6) is 0. The highest BCUT2D eigenvalue weighted by molar-refractivity contribution is 9.10. The minimum Gasteiger partial charge on any atom is -0.310 e. The lowest BCUT2D eigenvalue weighted by atomic mass is 9.99. The van der Waals surface area contributed by atoms with Gasteiger partial charge >= 0.3 is 0 Å². The molecule has 1 N–H and O–H groups in total. The average molecular weight is 354 g/mol. The van der Waals surface area contributed by atoms with Crippen molar-refractivity contribution in [1.29, 1.82) is 0 Å². The van der Waals surface area contributed by atoms with Crippen LogP contribution in [0.25, 0.3) is 0 Å². The van der Waals surface area contributed by atoms with Gasteiger partial charge in [-0.2, -0.15) is 0 Å². The van der Waals surface area contributed by atoms with Crippen molar-refractivity contribution < 1.29 is 0 Å². The molecule has 0 radical (unpaired) electrons. The summed E-state index contributed by atoms with van der Waals surface area (Å²) < 4.78 is 1.23. The standard InChI is InChI=1S/C19H32BrN/c1-3-5-6-7-8-9-10-11-16-19(21-4-2)17-14-12-13-15-18(17)20/h12-15,19,21H,3-11,16H2,1-2H3. The lowest BCUT2D eigenvalue weighted by molar-refractivity contribution is 0.474. The SMILES string of the molecule is CCCCCCCCCCC(NCC)c1ccccc1Br. The fourth-order valence-corrected chi connectivity index (χ4v) is 3.42. The Kier molecular flexibility index (Phi) is 10.9. The second-order valence-electron chi connectivity index (χ2n) is 5.90. The maximum absolute atomic E-state index is 3.68. The molecule has 0 bridgehead atoms. The van der Waals surface area contributed by atoms with Gasteiger partial charge in [0, 0.05) is 10.5 Å². The molecule has 1 rings (SSSR count). The number of hydrogen-bond acceptors (Lipinski definition) is 1. The van der Waals surface area contributed by atoms with Gasteiger partial charge in [0.05, 0.1) is 0 Å². The highest BCUT2D eigenvalue weighted by atomic mass is 79.9. The molecule has 0 fully saturated rings. The molecule has 1 nitrogen and oxygen atoms in total. The molecule has 2 heteroatoms. The van der Waals surface area contributed by atoms with Crippen molar-refractivity contribution in [2.75, 3.05) is 6.54 Å². The molecular weight excluding hydrogens is 322 g/mol. The van der Waals surface area contributed by atoms with Crippen LogP contribution in [0.3, 0.4) is 0 Å². The van der Waals surface area contributed by atoms with Crippen LogP contribution in [-0.4, -0.2) is 6.54 Å². The zero-order valence-electron chi connectivity index (χ0n) is 13.8. The Morgan fingerprint density at radius 2 is 1.52 bits per heavy atom. The van der Waals surface area contributed by atoms with Crippen molar-refractivity contribution >= 4 is 15.9 Å². The normalized spacial score (nSPS) is 12.5. The molecule has 120 valence electrons. The van der Waals surface area contributed by atoms with E-state index in [9.17, 15) is 0 Å². The van der Waals surface area contributed by atoms with Gasteiger partial charge in [0.15, 0.2) is 0 Å². The second-order valence-corrected chi connectivity index (χ2v) is 6.75. The van der Waals surface area contributed by atoms with E-state index in [1.54, 1.807) is 0 Å². The topological polar surface area (TPSA) is 12.0 Å². The molecule has 0 saturated heterocycles. The van der Waals surface area contributed by atoms with Gasteiger partial charge in [0.1, 0.15) is 0 Å². The molecule has 0 spiro atoms. The van der Waals surface area contributed by atoms with Crippen molar-refractivity contribution in [3.8, 4) is 0 Å². The van der Waals surface area contributed by atoms with Crippen LogP contribution in [0.5, 0.6) is 0 Å². The predicted molar refractivity (Wildman–Crippen MR) is 97.8 cm³/mol. The van der Waals surface area contributed by atoms with Crippen LogP contribution in [0.1, 0.15) is 83.2 Å². The summed E-state index contributed by atoms with van der Waals surface area (Å²) in [5.41, 5.74) is 1.40. The Balaban J connectivity index is 2.25. The Labute approximate surface area is 140 Å². The minimum absolute atomic E-state index is 0.491. The summed E-state index contributed by atoms with van der Waals surface area (Å²) in [7, 11) is 0. The fraction of sp³-hybridized carbons (Fsp3) is 0.684. The lowest BCUT2D eigenvalue weighted by Gasteiger charge is -2.19. The highest BCUT2D eigenvalue weighted by Gasteiger charge is 2.12. The Hall–Kier alpha value is -0.340. The first kappa shape index (κ1) is 18.7. The van der Waals surface area contributed by atoms with Gasteiger partial charge in [-0.25, -0.2) is 0 Å². The lowest BCUT2D eigenvalue weighted by Crippen LogP contribution is -2.21. The molecule has 1 unspecified atom stereocenters. The molecule has 0 aliphatic carbocycles. The van der Waals surface area contributed by atoms with Gasteiger partial charge in [-0.3, -0.25) is 0 Å². The summed E-state index contributed by atoms with van der Waals surface area (Å²) in [6.45, 7) is 5.50. The van der Waals surface area contributed by atoms with Crippen LogP contribution < -0.4 is 5.32 Å². The smallest absolute Gasteiger partial charge is 0.0331 e. The van der Waals surface area contributed by atoms with Crippen molar-refractivity contribution in [2.45, 2.75) is 77.7 Å². The summed E-state index contributed by atoms with van der Waals surface area (Å²) in [6, 6.07) is 9.10. The number of nitrogens with one attached hydrogen (secondary N) is 1. The van der Waals surface area contributed by atoms with E-state index < -0.39 is 0 Å². The van der Waals surface area contributed by atoms with Gasteiger partial charge in [0.2, 0.25) is 0 Å². The summed E-state index contributed by atoms with van der Waals surface area (Å²) in [4.78, 5) is 0. The third kappa shape index (κ3) is 8.01. The van der Waals surface area contributed by atoms with Crippen molar-refractivity contribution in [3.05, 3.63) is 34.3 Å². The highest BCUT2D eigenvalue weighted by Crippen LogP contribution is 2.27. The predicted octanol–water partition coefficient (Wildman–Crippen LogP) is 6.63. The van der Waals surface area contributed by atoms with E-state index in [4.69, 9.17) is 0 Å². The largest absolute Gasteiger partial charge is 0.310 e. The number of benzene rings is 1. The molecule has 0 aliphatic heterocycles. The third-order valence-electron chi connectivity index (χ3n) is 4.08. The number of hydrogen-bond donors (Lipinski definition) is 1. The average Bonchev–Trinajstić information content (AvgIpc) is 2.49. The molecule has 1 atom stereocenters. The van der Waals surface area contributed by atoms with Crippen LogP contribution >= 0.6 is 15.9 Å². The molecule has 0 amide bonds. The van der Waals surface area contributed by atoms with E-state index in [0.29, 0.717) is 6.04 Å². The van der Waals surface area contributed by atoms with E-state index in [1.807, 2.05) is 0 Å². The number of rotatable bonds is 12. The molecular formula is C19H32BrN. The molecule has 21 heavy (non-hydrogen) atoms. The van der Waals surface area contributed by atoms with Crippen LogP contribution in [-0.2, 0) is 0 Å². The van der Waals surface area contributed by atoms with Crippen molar-refractivity contribution in [2.24, 2.45) is 0 Å². The van der Waals surface area contributed by atoms with Gasteiger partial charge in [-0.15, -0.1) is 0 Å². The molecule has 0 saturated carbocycles. The monoisotopic (exact) mass is 353 g/mol. The molecule has 0 heterocycles. The fourth-order valence-electron chi connectivity index (χ4n) is 2.85. The van der Waals surface area contributed by atoms with E-state index in [1.165, 1.54) is 67.8 Å². The summed E-state index contributed by atoms with van der Waals surface area (Å²) >= 11 is 3.68. The quantitative estimate of drug-likeness (QED) is 0.415. The maximum Gasteiger partial charge on any atom is 0.0331 e. The molecule has 1 aromatic carbocycles. The second kappa shape index (κ2) is 12.2. The molecule has 1 aromatic rings. The zero-order chi connectivity index (χ0) is 15.3. The Morgan fingerprint density at radius 1 is 0.905 bits per heavy atom. The summed E-state index contributed by atoms with van der Waals surface area (Å²) in [5, 5.41) is 3.63. The number of halogens is 1. The van der Waals surface area contributed by atoms with Crippen LogP contribution in [0.4, 0.5) is 0 Å². The first-order chi connectivity index (χ1) is 10.3. The van der Waals surface area contributed by atoms with Gasteiger partial charge in [0.25, 0.3) is 0 Å². The third-order valence-corrected chi connectivity index (χ3v) is 4.80. The van der Waals surface area contributed by atoms with Gasteiger partial charge < -0.3 is 5.32 Å². The van der Waals surface area contributed by atoms with Crippen LogP contribution in [0, 0.1) is 0 Å². The van der Waals surface area contributed by atoms with Crippen LogP contribution in [0.2, 0.25) is 0 Å². The molecule has 0 aliphatic rings. The van der Waals surface area contributed by atoms with Crippen LogP contribution in [0.15, 0.2) is 28.7 Å². The van der Waals surface area contributed by atoms with Crippen molar-refractivity contribution in [1.82, 2.24) is 5.32 Å². The van der Waals surface area contributed by atoms with Gasteiger partial charge in [-0.1, -0.05) is 99.3 Å². The first-order valence-corrected chi connectivity index (χ1v) is 9.56.